The molecule has 0 fully saturated rings. The van der Waals surface area contributed by atoms with Gasteiger partial charge in [0, 0.05) is 16.5 Å². The van der Waals surface area contributed by atoms with Crippen molar-refractivity contribution in [2.45, 2.75) is 38.5 Å². The van der Waals surface area contributed by atoms with E-state index in [-0.39, 0.29) is 6.61 Å². The van der Waals surface area contributed by atoms with Crippen LogP contribution in [0.1, 0.15) is 42.9 Å². The van der Waals surface area contributed by atoms with E-state index in [2.05, 4.69) is 4.85 Å². The van der Waals surface area contributed by atoms with E-state index in [4.69, 9.17) is 16.0 Å². The van der Waals surface area contributed by atoms with Crippen LogP contribution in [0.25, 0.3) is 15.7 Å². The summed E-state index contributed by atoms with van der Waals surface area (Å²) in [4.78, 5) is 16.3. The Hall–Kier alpha value is -3.30. The van der Waals surface area contributed by atoms with Gasteiger partial charge in [-0.3, -0.25) is 0 Å². The van der Waals surface area contributed by atoms with Gasteiger partial charge in [-0.15, -0.1) is 0 Å². The minimum Gasteiger partial charge on any atom is -0.485 e. The summed E-state index contributed by atoms with van der Waals surface area (Å²) < 4.78 is 13.1. The maximum Gasteiger partial charge on any atom is 0.354 e. The van der Waals surface area contributed by atoms with Crippen LogP contribution in [0, 0.1) is 6.57 Å². The summed E-state index contributed by atoms with van der Waals surface area (Å²) >= 11 is 0. The van der Waals surface area contributed by atoms with Crippen molar-refractivity contribution in [3.63, 3.8) is 0 Å². The molecule has 0 saturated carbocycles. The number of ether oxygens (including phenoxy) is 2. The number of aliphatic hydroxyl groups is 1. The number of carbonyl (C=O) groups is 1. The Morgan fingerprint density at radius 3 is 2.76 bits per heavy atom. The van der Waals surface area contributed by atoms with Gasteiger partial charge in [-0.05, 0) is 45.0 Å². The molecular formula is C23H22N2O4. The molecule has 2 heterocycles. The minimum absolute atomic E-state index is 0.251. The van der Waals surface area contributed by atoms with E-state index in [9.17, 15) is 9.90 Å². The highest BCUT2D eigenvalue weighted by molar-refractivity contribution is 5.96. The summed E-state index contributed by atoms with van der Waals surface area (Å²) in [5.41, 5.74) is 1.37. The molecule has 0 aliphatic carbocycles. The summed E-state index contributed by atoms with van der Waals surface area (Å²) in [6.45, 7) is 13.0. The standard InChI is InChI=1S/C23H22N2O4/c1-5-28-22(27)18-12-14-8-6-7-9-17(14)25(18)20-16-13-15(24-4)10-11-19(16)29-23(2,3)21(20)26/h6-13,20-21,26H,5H2,1-3H3/t20-,21+/m1/s1. The predicted molar refractivity (Wildman–Crippen MR) is 109 cm³/mol. The van der Waals surface area contributed by atoms with Gasteiger partial charge in [0.25, 0.3) is 0 Å². The first-order valence-corrected chi connectivity index (χ1v) is 9.53. The van der Waals surface area contributed by atoms with Gasteiger partial charge >= 0.3 is 5.97 Å². The topological polar surface area (TPSA) is 65.1 Å². The molecule has 0 spiro atoms. The van der Waals surface area contributed by atoms with E-state index >= 15 is 0 Å². The van der Waals surface area contributed by atoms with Gasteiger partial charge in [-0.2, -0.15) is 0 Å². The second kappa shape index (κ2) is 6.94. The Morgan fingerprint density at radius 2 is 2.03 bits per heavy atom. The summed E-state index contributed by atoms with van der Waals surface area (Å²) in [6, 6.07) is 13.9. The number of esters is 1. The average molecular weight is 390 g/mol. The Morgan fingerprint density at radius 1 is 1.28 bits per heavy atom. The van der Waals surface area contributed by atoms with E-state index < -0.39 is 23.7 Å². The minimum atomic E-state index is -0.958. The average Bonchev–Trinajstić information content (AvgIpc) is 3.08. The molecule has 1 aliphatic heterocycles. The molecule has 29 heavy (non-hydrogen) atoms. The molecule has 0 bridgehead atoms. The van der Waals surface area contributed by atoms with Crippen LogP contribution in [0.3, 0.4) is 0 Å². The number of hydrogen-bond acceptors (Lipinski definition) is 4. The predicted octanol–water partition coefficient (Wildman–Crippen LogP) is 4.49. The first-order valence-electron chi connectivity index (χ1n) is 9.53. The van der Waals surface area contributed by atoms with Gasteiger partial charge in [0.2, 0.25) is 0 Å². The first kappa shape index (κ1) is 19.0. The fourth-order valence-corrected chi connectivity index (χ4v) is 3.94. The lowest BCUT2D eigenvalue weighted by molar-refractivity contribution is -0.0633. The Balaban J connectivity index is 2.03. The molecule has 0 radical (unpaired) electrons. The van der Waals surface area contributed by atoms with Gasteiger partial charge in [0.15, 0.2) is 5.69 Å². The fourth-order valence-electron chi connectivity index (χ4n) is 3.94. The van der Waals surface area contributed by atoms with E-state index in [0.717, 1.165) is 10.9 Å². The van der Waals surface area contributed by atoms with Gasteiger partial charge in [-0.1, -0.05) is 24.3 Å². The second-order valence-corrected chi connectivity index (χ2v) is 7.61. The van der Waals surface area contributed by atoms with Crippen LogP contribution in [0.2, 0.25) is 0 Å². The number of fused-ring (bicyclic) bond motifs is 2. The molecule has 1 aliphatic rings. The summed E-state index contributed by atoms with van der Waals surface area (Å²) in [7, 11) is 0. The number of aromatic nitrogens is 1. The van der Waals surface area contributed by atoms with Gasteiger partial charge < -0.3 is 19.1 Å². The number of benzene rings is 2. The molecule has 0 amide bonds. The monoisotopic (exact) mass is 390 g/mol. The first-order chi connectivity index (χ1) is 13.9. The van der Waals surface area contributed by atoms with Crippen LogP contribution >= 0.6 is 0 Å². The maximum absolute atomic E-state index is 12.8. The molecule has 1 N–H and O–H groups in total. The highest BCUT2D eigenvalue weighted by Crippen LogP contribution is 2.45. The fraction of sp³-hybridized carbons (Fsp3) is 0.304. The molecule has 2 aromatic carbocycles. The number of hydrogen-bond donors (Lipinski definition) is 1. The van der Waals surface area contributed by atoms with E-state index in [1.807, 2.05) is 42.7 Å². The van der Waals surface area contributed by atoms with Crippen LogP contribution in [-0.4, -0.2) is 34.0 Å². The molecular weight excluding hydrogens is 368 g/mol. The van der Waals surface area contributed by atoms with E-state index in [0.29, 0.717) is 22.7 Å². The van der Waals surface area contributed by atoms with Crippen molar-refractivity contribution in [2.75, 3.05) is 6.61 Å². The Labute approximate surface area is 169 Å². The van der Waals surface area contributed by atoms with Crippen LogP contribution < -0.4 is 4.74 Å². The molecule has 6 heteroatoms. The molecule has 148 valence electrons. The third-order valence-corrected chi connectivity index (χ3v) is 5.34. The molecule has 0 saturated heterocycles. The maximum atomic E-state index is 12.8. The Kier molecular flexibility index (Phi) is 4.56. The smallest absolute Gasteiger partial charge is 0.354 e. The summed E-state index contributed by atoms with van der Waals surface area (Å²) in [5, 5.41) is 12.2. The molecule has 3 aromatic rings. The number of rotatable bonds is 3. The lowest BCUT2D eigenvalue weighted by Gasteiger charge is -2.43. The van der Waals surface area contributed by atoms with Gasteiger partial charge in [-0.25, -0.2) is 9.64 Å². The zero-order valence-corrected chi connectivity index (χ0v) is 16.5. The van der Waals surface area contributed by atoms with Crippen molar-refractivity contribution < 1.29 is 19.4 Å². The largest absolute Gasteiger partial charge is 0.485 e. The number of aliphatic hydroxyl groups excluding tert-OH is 1. The Bertz CT molecular complexity index is 1140. The van der Waals surface area contributed by atoms with Crippen molar-refractivity contribution in [1.29, 1.82) is 0 Å². The zero-order chi connectivity index (χ0) is 20.8. The van der Waals surface area contributed by atoms with Crippen molar-refractivity contribution in [3.05, 3.63) is 71.2 Å². The van der Waals surface area contributed by atoms with Gasteiger partial charge in [0.1, 0.15) is 23.1 Å². The molecule has 4 rings (SSSR count). The van der Waals surface area contributed by atoms with Crippen molar-refractivity contribution >= 4 is 22.6 Å². The number of nitrogens with zero attached hydrogens (tertiary/aromatic N) is 2. The molecule has 6 nitrogen and oxygen atoms in total. The van der Waals surface area contributed by atoms with Gasteiger partial charge in [0.05, 0.1) is 19.2 Å². The van der Waals surface area contributed by atoms with Crippen LogP contribution in [0.15, 0.2) is 48.5 Å². The van der Waals surface area contributed by atoms with E-state index in [1.165, 1.54) is 0 Å². The summed E-state index contributed by atoms with van der Waals surface area (Å²) in [5.74, 6) is 0.133. The van der Waals surface area contributed by atoms with Crippen LogP contribution in [-0.2, 0) is 4.74 Å². The molecule has 2 atom stereocenters. The second-order valence-electron chi connectivity index (χ2n) is 7.61. The SMILES string of the molecule is [C-]#[N+]c1ccc2c(c1)[C@@H](n1c(C(=O)OCC)cc3ccccc31)[C@H](O)C(C)(C)O2. The number of carbonyl (C=O) groups excluding carboxylic acids is 1. The third kappa shape index (κ3) is 3.04. The lowest BCUT2D eigenvalue weighted by Crippen LogP contribution is -2.51. The quantitative estimate of drug-likeness (QED) is 0.529. The third-order valence-electron chi connectivity index (χ3n) is 5.34. The van der Waals surface area contributed by atoms with E-state index in [1.54, 1.807) is 31.2 Å². The van der Waals surface area contributed by atoms with Crippen LogP contribution in [0.4, 0.5) is 5.69 Å². The normalized spacial score (nSPS) is 19.8. The van der Waals surface area contributed by atoms with Crippen molar-refractivity contribution in [3.8, 4) is 5.75 Å². The van der Waals surface area contributed by atoms with Crippen LogP contribution in [0.5, 0.6) is 5.75 Å². The summed E-state index contributed by atoms with van der Waals surface area (Å²) in [6.07, 6.45) is -0.958. The number of para-hydroxylation sites is 1. The highest BCUT2D eigenvalue weighted by atomic mass is 16.5. The van der Waals surface area contributed by atoms with Crippen molar-refractivity contribution in [1.82, 2.24) is 4.57 Å². The molecule has 0 unspecified atom stereocenters. The zero-order valence-electron chi connectivity index (χ0n) is 16.5. The highest BCUT2D eigenvalue weighted by Gasteiger charge is 2.45. The van der Waals surface area contributed by atoms with Crippen molar-refractivity contribution in [2.24, 2.45) is 0 Å². The lowest BCUT2D eigenvalue weighted by atomic mass is 9.86. The molecule has 1 aromatic heterocycles.